The maximum atomic E-state index is 12.9. The molecule has 23 heavy (non-hydrogen) atoms. The lowest BCUT2D eigenvalue weighted by atomic mass is 10.3. The van der Waals surface area contributed by atoms with Crippen LogP contribution in [-0.2, 0) is 14.1 Å². The summed E-state index contributed by atoms with van der Waals surface area (Å²) >= 11 is 0. The molecular formula is C16H18NO5P. The van der Waals surface area contributed by atoms with Crippen LogP contribution in [-0.4, -0.2) is 19.1 Å². The molecule has 0 unspecified atom stereocenters. The third-order valence-electron chi connectivity index (χ3n) is 2.66. The van der Waals surface area contributed by atoms with Crippen LogP contribution in [0.1, 0.15) is 6.92 Å². The van der Waals surface area contributed by atoms with Gasteiger partial charge in [-0.25, -0.2) is 4.57 Å². The van der Waals surface area contributed by atoms with Crippen LogP contribution in [0, 0.1) is 0 Å². The van der Waals surface area contributed by atoms with E-state index in [1.165, 1.54) is 0 Å². The molecule has 7 heteroatoms. The molecule has 122 valence electrons. The van der Waals surface area contributed by atoms with Crippen LogP contribution >= 0.6 is 7.75 Å². The van der Waals surface area contributed by atoms with Gasteiger partial charge in [0.15, 0.2) is 0 Å². The van der Waals surface area contributed by atoms with E-state index in [4.69, 9.17) is 13.8 Å². The van der Waals surface area contributed by atoms with Crippen molar-refractivity contribution in [1.29, 1.82) is 0 Å². The zero-order valence-corrected chi connectivity index (χ0v) is 13.6. The van der Waals surface area contributed by atoms with Crippen LogP contribution in [0.2, 0.25) is 0 Å². The predicted octanol–water partition coefficient (Wildman–Crippen LogP) is 3.41. The van der Waals surface area contributed by atoms with Gasteiger partial charge >= 0.3 is 13.7 Å². The highest BCUT2D eigenvalue weighted by atomic mass is 31.2. The van der Waals surface area contributed by atoms with Crippen LogP contribution in [0.5, 0.6) is 11.5 Å². The third kappa shape index (κ3) is 5.77. The van der Waals surface area contributed by atoms with Gasteiger partial charge in [-0.1, -0.05) is 36.4 Å². The van der Waals surface area contributed by atoms with Crippen LogP contribution in [0.4, 0.5) is 0 Å². The van der Waals surface area contributed by atoms with Crippen molar-refractivity contribution < 1.29 is 23.1 Å². The molecular weight excluding hydrogens is 317 g/mol. The molecule has 0 bridgehead atoms. The molecule has 2 aromatic carbocycles. The Bertz CT molecular complexity index is 617. The second-order valence-corrected chi connectivity index (χ2v) is 6.12. The van der Waals surface area contributed by atoms with E-state index in [1.807, 2.05) is 12.1 Å². The number of rotatable bonds is 8. The molecule has 0 aliphatic rings. The van der Waals surface area contributed by atoms with Crippen LogP contribution in [0.3, 0.4) is 0 Å². The number of carbonyl (C=O) groups is 1. The van der Waals surface area contributed by atoms with Gasteiger partial charge in [0.1, 0.15) is 18.0 Å². The zero-order valence-electron chi connectivity index (χ0n) is 12.7. The van der Waals surface area contributed by atoms with Gasteiger partial charge in [-0.2, -0.15) is 5.09 Å². The third-order valence-corrected chi connectivity index (χ3v) is 4.11. The largest absolute Gasteiger partial charge is 0.513 e. The second-order valence-electron chi connectivity index (χ2n) is 4.45. The fraction of sp³-hybridized carbons (Fsp3) is 0.188. The summed E-state index contributed by atoms with van der Waals surface area (Å²) in [4.78, 5) is 11.5. The average molecular weight is 335 g/mol. The van der Waals surface area contributed by atoms with Crippen molar-refractivity contribution in [3.05, 3.63) is 60.7 Å². The van der Waals surface area contributed by atoms with E-state index in [1.54, 1.807) is 55.5 Å². The Hall–Kier alpha value is -2.30. The number of hydrogen-bond donors (Lipinski definition) is 1. The number of nitrogens with one attached hydrogen (secondary N) is 1. The monoisotopic (exact) mass is 335 g/mol. The summed E-state index contributed by atoms with van der Waals surface area (Å²) in [5.41, 5.74) is 0. The summed E-state index contributed by atoms with van der Waals surface area (Å²) in [5, 5.41) is 2.51. The lowest BCUT2D eigenvalue weighted by Gasteiger charge is -2.20. The maximum absolute atomic E-state index is 12.9. The highest BCUT2D eigenvalue weighted by molar-refractivity contribution is 7.52. The average Bonchev–Trinajstić information content (AvgIpc) is 2.55. The minimum absolute atomic E-state index is 0.240. The summed E-state index contributed by atoms with van der Waals surface area (Å²) in [6.07, 6.45) is 0. The van der Waals surface area contributed by atoms with Crippen molar-refractivity contribution >= 4 is 13.7 Å². The minimum Gasteiger partial charge on any atom is -0.465 e. The first-order valence-corrected chi connectivity index (χ1v) is 8.65. The lowest BCUT2D eigenvalue weighted by Crippen LogP contribution is -2.26. The fourth-order valence-corrected chi connectivity index (χ4v) is 2.98. The van der Waals surface area contributed by atoms with Gasteiger partial charge < -0.3 is 13.8 Å². The van der Waals surface area contributed by atoms with Crippen molar-refractivity contribution in [3.63, 3.8) is 0 Å². The van der Waals surface area contributed by atoms with Crippen molar-refractivity contribution in [2.75, 3.05) is 13.2 Å². The molecule has 0 aliphatic heterocycles. The molecule has 2 rings (SSSR count). The van der Waals surface area contributed by atoms with Gasteiger partial charge in [0.2, 0.25) is 0 Å². The van der Waals surface area contributed by atoms with E-state index in [0.29, 0.717) is 11.5 Å². The Morgan fingerprint density at radius 2 is 1.43 bits per heavy atom. The molecule has 0 radical (unpaired) electrons. The topological polar surface area (TPSA) is 73.9 Å². The summed E-state index contributed by atoms with van der Waals surface area (Å²) in [6, 6.07) is 17.2. The molecule has 6 nitrogen and oxygen atoms in total. The minimum atomic E-state index is -3.79. The van der Waals surface area contributed by atoms with E-state index in [0.717, 1.165) is 0 Å². The number of esters is 1. The van der Waals surface area contributed by atoms with Gasteiger partial charge in [-0.15, -0.1) is 0 Å². The number of benzene rings is 2. The van der Waals surface area contributed by atoms with E-state index < -0.39 is 13.7 Å². The molecule has 0 spiro atoms. The molecule has 0 saturated carbocycles. The predicted molar refractivity (Wildman–Crippen MR) is 86.4 cm³/mol. The Morgan fingerprint density at radius 1 is 0.957 bits per heavy atom. The summed E-state index contributed by atoms with van der Waals surface area (Å²) in [6.45, 7) is 1.65. The van der Waals surface area contributed by atoms with Crippen molar-refractivity contribution in [2.24, 2.45) is 0 Å². The van der Waals surface area contributed by atoms with E-state index in [2.05, 4.69) is 5.09 Å². The van der Waals surface area contributed by atoms with Crippen LogP contribution < -0.4 is 14.1 Å². The molecule has 0 amide bonds. The zero-order chi connectivity index (χ0) is 16.5. The quantitative estimate of drug-likeness (QED) is 0.589. The van der Waals surface area contributed by atoms with E-state index in [-0.39, 0.29) is 13.2 Å². The Kier molecular flexibility index (Phi) is 6.20. The van der Waals surface area contributed by atoms with Gasteiger partial charge in [0.25, 0.3) is 0 Å². The molecule has 0 aliphatic carbocycles. The normalized spacial score (nSPS) is 10.8. The number of ether oxygens (including phenoxy) is 1. The van der Waals surface area contributed by atoms with Gasteiger partial charge in [-0.3, -0.25) is 4.79 Å². The fourth-order valence-electron chi connectivity index (χ4n) is 1.70. The molecule has 0 heterocycles. The van der Waals surface area contributed by atoms with E-state index in [9.17, 15) is 9.36 Å². The number of para-hydroxylation sites is 2. The molecule has 0 atom stereocenters. The molecule has 0 fully saturated rings. The van der Waals surface area contributed by atoms with Crippen molar-refractivity contribution in [3.8, 4) is 11.5 Å². The first-order chi connectivity index (χ1) is 11.1. The first kappa shape index (κ1) is 17.1. The number of hydrogen-bond acceptors (Lipinski definition) is 5. The van der Waals surface area contributed by atoms with Gasteiger partial charge in [-0.05, 0) is 31.2 Å². The summed E-state index contributed by atoms with van der Waals surface area (Å²) in [5.74, 6) is 0.187. The Morgan fingerprint density at radius 3 is 1.87 bits per heavy atom. The summed E-state index contributed by atoms with van der Waals surface area (Å²) in [7, 11) is -3.79. The Balaban J connectivity index is 2.12. The highest BCUT2D eigenvalue weighted by Gasteiger charge is 2.29. The lowest BCUT2D eigenvalue weighted by molar-refractivity contribution is -0.141. The van der Waals surface area contributed by atoms with E-state index >= 15 is 0 Å². The van der Waals surface area contributed by atoms with Gasteiger partial charge in [0.05, 0.1) is 6.61 Å². The second kappa shape index (κ2) is 8.36. The maximum Gasteiger partial charge on any atom is 0.513 e. The Labute approximate surface area is 135 Å². The van der Waals surface area contributed by atoms with Crippen LogP contribution in [0.15, 0.2) is 60.7 Å². The standard InChI is InChI=1S/C16H18NO5P/c1-2-20-16(18)13-17-23(19,21-14-9-5-3-6-10-14)22-15-11-7-4-8-12-15/h3-12H,2,13H2,1H3,(H,17,19). The van der Waals surface area contributed by atoms with Gasteiger partial charge in [0, 0.05) is 0 Å². The highest BCUT2D eigenvalue weighted by Crippen LogP contribution is 2.44. The van der Waals surface area contributed by atoms with Crippen molar-refractivity contribution in [1.82, 2.24) is 5.09 Å². The SMILES string of the molecule is CCOC(=O)CNP(=O)(Oc1ccccc1)Oc1ccccc1. The smallest absolute Gasteiger partial charge is 0.465 e. The molecule has 1 N–H and O–H groups in total. The molecule has 0 aromatic heterocycles. The summed E-state index contributed by atoms with van der Waals surface area (Å²) < 4.78 is 28.6. The van der Waals surface area contributed by atoms with Crippen molar-refractivity contribution in [2.45, 2.75) is 6.92 Å². The van der Waals surface area contributed by atoms with Crippen LogP contribution in [0.25, 0.3) is 0 Å². The molecule has 2 aromatic rings. The number of carbonyl (C=O) groups excluding carboxylic acids is 1. The molecule has 0 saturated heterocycles. The first-order valence-electron chi connectivity index (χ1n) is 7.11.